The Morgan fingerprint density at radius 3 is 2.06 bits per heavy atom. The normalized spacial score (nSPS) is 11.6. The molecule has 7 nitrogen and oxygen atoms in total. The second-order valence-electron chi connectivity index (χ2n) is 3.12. The lowest BCUT2D eigenvalue weighted by molar-refractivity contribution is -0.135. The van der Waals surface area contributed by atoms with Gasteiger partial charge in [-0.2, -0.15) is 0 Å². The van der Waals surface area contributed by atoms with Crippen LogP contribution in [0.25, 0.3) is 0 Å². The van der Waals surface area contributed by atoms with E-state index in [1.807, 2.05) is 0 Å². The van der Waals surface area contributed by atoms with Crippen LogP contribution in [0.4, 0.5) is 0 Å². The van der Waals surface area contributed by atoms with Crippen LogP contribution in [0, 0.1) is 5.41 Å². The number of hydrogen-bond donors (Lipinski definition) is 4. The van der Waals surface area contributed by atoms with Crippen molar-refractivity contribution >= 4 is 47.8 Å². The van der Waals surface area contributed by atoms with Gasteiger partial charge in [-0.3, -0.25) is 0 Å². The van der Waals surface area contributed by atoms with Gasteiger partial charge in [0.1, 0.15) is 17.7 Å². The Balaban J connectivity index is 3.52. The summed E-state index contributed by atoms with van der Waals surface area (Å²) in [7, 11) is 2.25. The molecular weight excluding hydrogens is 324 g/mol. The first-order valence-corrected chi connectivity index (χ1v) is 9.23. The number of hydrogen-bond acceptors (Lipinski definition) is 11. The molecule has 0 radical (unpaired) electrons. The molecular formula is C7H14O7S4. The first kappa shape index (κ1) is 18.7. The quantitative estimate of drug-likeness (QED) is 0.232. The highest BCUT2D eigenvalue weighted by molar-refractivity contribution is 9.25. The summed E-state index contributed by atoms with van der Waals surface area (Å²) in [6.07, 6.45) is 0. The molecule has 11 heteroatoms. The predicted octanol–water partition coefficient (Wildman–Crippen LogP) is 0.00960. The van der Waals surface area contributed by atoms with E-state index in [0.29, 0.717) is 0 Å². The molecule has 0 saturated heterocycles. The van der Waals surface area contributed by atoms with Gasteiger partial charge in [0.2, 0.25) is 0 Å². The molecule has 18 heavy (non-hydrogen) atoms. The van der Waals surface area contributed by atoms with Crippen LogP contribution >= 0.6 is 41.8 Å². The minimum Gasteiger partial charge on any atom is -0.396 e. The summed E-state index contributed by atoms with van der Waals surface area (Å²) in [5, 5.41) is 35.3. The first-order valence-electron chi connectivity index (χ1n) is 4.56. The SMILES string of the molecule is O=C(CO)OSSSSOCC(CO)(CO)CO. The highest BCUT2D eigenvalue weighted by Gasteiger charge is 2.28. The molecule has 0 aliphatic rings. The molecule has 0 spiro atoms. The maximum Gasteiger partial charge on any atom is 0.344 e. The Morgan fingerprint density at radius 2 is 1.56 bits per heavy atom. The molecule has 4 N–H and O–H groups in total. The lowest BCUT2D eigenvalue weighted by Gasteiger charge is -2.25. The van der Waals surface area contributed by atoms with Crippen LogP contribution in [-0.4, -0.2) is 59.4 Å². The summed E-state index contributed by atoms with van der Waals surface area (Å²) in [5.74, 6) is -0.737. The number of carbonyl (C=O) groups excluding carboxylic acids is 1. The van der Waals surface area contributed by atoms with Crippen LogP contribution in [-0.2, 0) is 13.2 Å². The van der Waals surface area contributed by atoms with Crippen molar-refractivity contribution in [3.63, 3.8) is 0 Å². The van der Waals surface area contributed by atoms with Gasteiger partial charge in [-0.05, 0) is 0 Å². The van der Waals surface area contributed by atoms with Crippen LogP contribution in [0.1, 0.15) is 0 Å². The maximum atomic E-state index is 10.5. The molecule has 108 valence electrons. The van der Waals surface area contributed by atoms with Crippen molar-refractivity contribution in [1.29, 1.82) is 0 Å². The third-order valence-corrected chi connectivity index (χ3v) is 6.39. The molecule has 0 aromatic heterocycles. The second-order valence-corrected chi connectivity index (χ2v) is 8.15. The number of rotatable bonds is 11. The second kappa shape index (κ2) is 11.5. The minimum atomic E-state index is -1.06. The van der Waals surface area contributed by atoms with Gasteiger partial charge in [0.15, 0.2) is 0 Å². The fraction of sp³-hybridized carbons (Fsp3) is 0.857. The van der Waals surface area contributed by atoms with Crippen LogP contribution in [0.3, 0.4) is 0 Å². The lowest BCUT2D eigenvalue weighted by Crippen LogP contribution is -2.37. The number of aliphatic hydroxyl groups is 4. The highest BCUT2D eigenvalue weighted by atomic mass is 33.7. The lowest BCUT2D eigenvalue weighted by atomic mass is 9.93. The predicted molar refractivity (Wildman–Crippen MR) is 73.2 cm³/mol. The monoisotopic (exact) mass is 338 g/mol. The van der Waals surface area contributed by atoms with Gasteiger partial charge < -0.3 is 28.8 Å². The Bertz CT molecular complexity index is 218. The third kappa shape index (κ3) is 7.96. The summed E-state index contributed by atoms with van der Waals surface area (Å²) in [4.78, 5) is 10.5. The maximum absolute atomic E-state index is 10.5. The fourth-order valence-electron chi connectivity index (χ4n) is 0.556. The van der Waals surface area contributed by atoms with Gasteiger partial charge in [0.05, 0.1) is 42.9 Å². The van der Waals surface area contributed by atoms with E-state index < -0.39 is 18.0 Å². The first-order chi connectivity index (χ1) is 8.64. The summed E-state index contributed by atoms with van der Waals surface area (Å²) in [5.41, 5.74) is -1.06. The largest absolute Gasteiger partial charge is 0.396 e. The molecule has 0 bridgehead atoms. The third-order valence-electron chi connectivity index (χ3n) is 1.76. The van der Waals surface area contributed by atoms with E-state index in [4.69, 9.17) is 24.6 Å². The van der Waals surface area contributed by atoms with E-state index in [2.05, 4.69) is 4.18 Å². The van der Waals surface area contributed by atoms with Crippen molar-refractivity contribution in [1.82, 2.24) is 0 Å². The Hall–Kier alpha value is 0.670. The zero-order valence-electron chi connectivity index (χ0n) is 9.18. The van der Waals surface area contributed by atoms with E-state index in [0.717, 1.165) is 41.8 Å². The van der Waals surface area contributed by atoms with Gasteiger partial charge >= 0.3 is 5.97 Å². The van der Waals surface area contributed by atoms with Gasteiger partial charge in [0, 0.05) is 19.7 Å². The average Bonchev–Trinajstić information content (AvgIpc) is 2.42. The smallest absolute Gasteiger partial charge is 0.344 e. The van der Waals surface area contributed by atoms with Gasteiger partial charge in [-0.1, -0.05) is 0 Å². The van der Waals surface area contributed by atoms with Crippen LogP contribution in [0.2, 0.25) is 0 Å². The molecule has 0 amide bonds. The molecule has 0 aromatic carbocycles. The summed E-state index contributed by atoms with van der Waals surface area (Å²) in [6, 6.07) is 0. The standard InChI is InChI=1S/C7H14O7S4/c8-1-6(12)14-16-18-17-15-13-5-7(2-9,3-10)4-11/h8-11H,1-5H2. The molecule has 0 atom stereocenters. The average molecular weight is 338 g/mol. The van der Waals surface area contributed by atoms with Gasteiger partial charge in [-0.25, -0.2) is 4.79 Å². The molecule has 0 unspecified atom stereocenters. The van der Waals surface area contributed by atoms with E-state index in [1.54, 1.807) is 0 Å². The van der Waals surface area contributed by atoms with Crippen molar-refractivity contribution in [2.45, 2.75) is 0 Å². The Morgan fingerprint density at radius 1 is 1.00 bits per heavy atom. The molecule has 0 aliphatic carbocycles. The Labute approximate surface area is 120 Å². The van der Waals surface area contributed by atoms with Gasteiger partial charge in [0.25, 0.3) is 0 Å². The van der Waals surface area contributed by atoms with Crippen molar-refractivity contribution in [3.05, 3.63) is 0 Å². The Kier molecular flexibility index (Phi) is 11.9. The molecule has 0 heterocycles. The zero-order valence-corrected chi connectivity index (χ0v) is 12.4. The number of carbonyl (C=O) groups is 1. The summed E-state index contributed by atoms with van der Waals surface area (Å²) in [6.45, 7) is -1.85. The van der Waals surface area contributed by atoms with E-state index >= 15 is 0 Å². The summed E-state index contributed by atoms with van der Waals surface area (Å²) >= 11 is 1.74. The molecule has 0 aliphatic heterocycles. The fourth-order valence-corrected chi connectivity index (χ4v) is 4.04. The van der Waals surface area contributed by atoms with Crippen LogP contribution in [0.5, 0.6) is 0 Å². The van der Waals surface area contributed by atoms with Crippen LogP contribution < -0.4 is 0 Å². The topological polar surface area (TPSA) is 116 Å². The minimum absolute atomic E-state index is 0.0180. The highest BCUT2D eigenvalue weighted by Crippen LogP contribution is 2.44. The van der Waals surface area contributed by atoms with Crippen molar-refractivity contribution in [2.75, 3.05) is 33.0 Å². The van der Waals surface area contributed by atoms with Crippen molar-refractivity contribution in [2.24, 2.45) is 5.41 Å². The van der Waals surface area contributed by atoms with Gasteiger partial charge in [-0.15, -0.1) is 0 Å². The zero-order chi connectivity index (χ0) is 13.9. The number of aliphatic hydroxyl groups excluding tert-OH is 4. The molecule has 0 saturated carbocycles. The molecule has 0 rings (SSSR count). The van der Waals surface area contributed by atoms with Crippen molar-refractivity contribution in [3.8, 4) is 0 Å². The molecule has 0 fully saturated rings. The van der Waals surface area contributed by atoms with Crippen molar-refractivity contribution < 1.29 is 33.6 Å². The molecule has 0 aromatic rings. The van der Waals surface area contributed by atoms with Crippen LogP contribution in [0.15, 0.2) is 0 Å². The van der Waals surface area contributed by atoms with E-state index in [-0.39, 0.29) is 26.4 Å². The van der Waals surface area contributed by atoms with E-state index in [9.17, 15) is 4.79 Å². The van der Waals surface area contributed by atoms with E-state index in [1.165, 1.54) is 0 Å². The summed E-state index contributed by atoms with van der Waals surface area (Å²) < 4.78 is 9.56.